The van der Waals surface area contributed by atoms with Crippen LogP contribution in [0.25, 0.3) is 6.08 Å². The molecule has 1 N–H and O–H groups in total. The summed E-state index contributed by atoms with van der Waals surface area (Å²) in [5, 5.41) is 4.76. The Hall–Kier alpha value is -1.29. The summed E-state index contributed by atoms with van der Waals surface area (Å²) in [6, 6.07) is 7.11. The largest absolute Gasteiger partial charge is 0.314 e. The minimum Gasteiger partial charge on any atom is -0.314 e. The third kappa shape index (κ3) is 3.85. The highest BCUT2D eigenvalue weighted by Crippen LogP contribution is 2.25. The van der Waals surface area contributed by atoms with Gasteiger partial charge < -0.3 is 5.32 Å². The van der Waals surface area contributed by atoms with Crippen molar-refractivity contribution in [1.29, 1.82) is 0 Å². The first-order valence-electron chi connectivity index (χ1n) is 5.97. The molecule has 0 saturated carbocycles. The van der Waals surface area contributed by atoms with E-state index in [1.165, 1.54) is 16.5 Å². The minimum absolute atomic E-state index is 0.183. The SMILES string of the molecule is Cc1cc(NC(=O)/C=C/c2ccc(Cl)cc2Cl)sc1C. The molecule has 0 atom stereocenters. The van der Waals surface area contributed by atoms with Crippen molar-refractivity contribution >= 4 is 51.5 Å². The molecular weight excluding hydrogens is 313 g/mol. The number of hydrogen-bond donors (Lipinski definition) is 1. The van der Waals surface area contributed by atoms with E-state index >= 15 is 0 Å². The maximum absolute atomic E-state index is 11.8. The fourth-order valence-corrected chi connectivity index (χ4v) is 3.01. The lowest BCUT2D eigenvalue weighted by molar-refractivity contribution is -0.111. The number of hydrogen-bond acceptors (Lipinski definition) is 2. The van der Waals surface area contributed by atoms with Crippen LogP contribution >= 0.6 is 34.5 Å². The van der Waals surface area contributed by atoms with Crippen LogP contribution in [0.15, 0.2) is 30.3 Å². The van der Waals surface area contributed by atoms with Gasteiger partial charge >= 0.3 is 0 Å². The standard InChI is InChI=1S/C15H13Cl2NOS/c1-9-7-15(20-10(9)2)18-14(19)6-4-11-3-5-12(16)8-13(11)17/h3-8H,1-2H3,(H,18,19)/b6-4+. The van der Waals surface area contributed by atoms with Crippen LogP contribution in [0, 0.1) is 13.8 Å². The van der Waals surface area contributed by atoms with Crippen LogP contribution in [-0.2, 0) is 4.79 Å². The lowest BCUT2D eigenvalue weighted by Gasteiger charge is -1.99. The molecule has 0 bridgehead atoms. The van der Waals surface area contributed by atoms with E-state index < -0.39 is 0 Å². The zero-order chi connectivity index (χ0) is 14.7. The number of amides is 1. The zero-order valence-corrected chi connectivity index (χ0v) is 13.4. The van der Waals surface area contributed by atoms with Crippen molar-refractivity contribution in [3.63, 3.8) is 0 Å². The Morgan fingerprint density at radius 1 is 1.25 bits per heavy atom. The molecule has 5 heteroatoms. The topological polar surface area (TPSA) is 29.1 Å². The number of benzene rings is 1. The number of thiophene rings is 1. The molecule has 2 nitrogen and oxygen atoms in total. The summed E-state index contributed by atoms with van der Waals surface area (Å²) >= 11 is 13.4. The highest BCUT2D eigenvalue weighted by atomic mass is 35.5. The first-order chi connectivity index (χ1) is 9.45. The molecule has 0 aliphatic carbocycles. The third-order valence-electron chi connectivity index (χ3n) is 2.79. The Balaban J connectivity index is 2.05. The molecule has 0 saturated heterocycles. The van der Waals surface area contributed by atoms with Gasteiger partial charge in [0.2, 0.25) is 5.91 Å². The number of halogens is 2. The van der Waals surface area contributed by atoms with Crippen molar-refractivity contribution in [2.75, 3.05) is 5.32 Å². The second-order valence-electron chi connectivity index (χ2n) is 4.34. The minimum atomic E-state index is -0.183. The summed E-state index contributed by atoms with van der Waals surface area (Å²) in [6.07, 6.45) is 3.13. The Labute approximate surface area is 132 Å². The quantitative estimate of drug-likeness (QED) is 0.760. The van der Waals surface area contributed by atoms with Gasteiger partial charge in [-0.3, -0.25) is 4.79 Å². The van der Waals surface area contributed by atoms with Crippen LogP contribution in [0.1, 0.15) is 16.0 Å². The van der Waals surface area contributed by atoms with Gasteiger partial charge in [-0.05, 0) is 49.2 Å². The fraction of sp³-hybridized carbons (Fsp3) is 0.133. The van der Waals surface area contributed by atoms with Crippen LogP contribution in [0.3, 0.4) is 0 Å². The summed E-state index contributed by atoms with van der Waals surface area (Å²) in [5.74, 6) is -0.183. The van der Waals surface area contributed by atoms with Gasteiger partial charge in [-0.2, -0.15) is 0 Å². The second kappa shape index (κ2) is 6.44. The van der Waals surface area contributed by atoms with E-state index in [0.717, 1.165) is 10.6 Å². The molecule has 0 fully saturated rings. The average Bonchev–Trinajstić information content (AvgIpc) is 2.67. The van der Waals surface area contributed by atoms with Gasteiger partial charge in [-0.1, -0.05) is 29.3 Å². The van der Waals surface area contributed by atoms with Gasteiger partial charge in [0.15, 0.2) is 0 Å². The molecule has 0 unspecified atom stereocenters. The maximum atomic E-state index is 11.8. The van der Waals surface area contributed by atoms with Gasteiger partial charge in [0.25, 0.3) is 0 Å². The highest BCUT2D eigenvalue weighted by Gasteiger charge is 2.04. The van der Waals surface area contributed by atoms with Gasteiger partial charge in [0.1, 0.15) is 0 Å². The van der Waals surface area contributed by atoms with Crippen molar-refractivity contribution < 1.29 is 4.79 Å². The van der Waals surface area contributed by atoms with Gasteiger partial charge in [0.05, 0.1) is 5.00 Å². The van der Waals surface area contributed by atoms with Crippen molar-refractivity contribution in [3.05, 3.63) is 56.4 Å². The van der Waals surface area contributed by atoms with Crippen LogP contribution in [0.4, 0.5) is 5.00 Å². The lowest BCUT2D eigenvalue weighted by Crippen LogP contribution is -2.06. The van der Waals surface area contributed by atoms with E-state index in [1.807, 2.05) is 19.9 Å². The summed E-state index contributed by atoms with van der Waals surface area (Å²) in [5.41, 5.74) is 1.93. The molecule has 0 radical (unpaired) electrons. The summed E-state index contributed by atoms with van der Waals surface area (Å²) in [6.45, 7) is 4.05. The molecule has 1 aromatic heterocycles. The molecule has 1 aromatic carbocycles. The average molecular weight is 326 g/mol. The van der Waals surface area contributed by atoms with Crippen molar-refractivity contribution in [3.8, 4) is 0 Å². The lowest BCUT2D eigenvalue weighted by atomic mass is 10.2. The first-order valence-corrected chi connectivity index (χ1v) is 7.54. The Kier molecular flexibility index (Phi) is 4.86. The number of rotatable bonds is 3. The van der Waals surface area contributed by atoms with Crippen molar-refractivity contribution in [2.24, 2.45) is 0 Å². The molecule has 104 valence electrons. The van der Waals surface area contributed by atoms with Crippen molar-refractivity contribution in [1.82, 2.24) is 0 Å². The van der Waals surface area contributed by atoms with E-state index in [9.17, 15) is 4.79 Å². The van der Waals surface area contributed by atoms with Crippen LogP contribution in [0.5, 0.6) is 0 Å². The number of carbonyl (C=O) groups is 1. The maximum Gasteiger partial charge on any atom is 0.248 e. The molecule has 1 heterocycles. The monoisotopic (exact) mass is 325 g/mol. The molecule has 2 rings (SSSR count). The van der Waals surface area contributed by atoms with Crippen molar-refractivity contribution in [2.45, 2.75) is 13.8 Å². The van der Waals surface area contributed by atoms with Crippen LogP contribution < -0.4 is 5.32 Å². The molecule has 0 spiro atoms. The third-order valence-corrected chi connectivity index (χ3v) is 4.42. The summed E-state index contributed by atoms with van der Waals surface area (Å²) < 4.78 is 0. The first kappa shape index (κ1) is 15.1. The fourth-order valence-electron chi connectivity index (χ4n) is 1.60. The molecule has 2 aromatic rings. The number of aryl methyl sites for hydroxylation is 2. The van der Waals surface area contributed by atoms with E-state index in [2.05, 4.69) is 5.32 Å². The normalized spacial score (nSPS) is 11.0. The van der Waals surface area contributed by atoms with E-state index in [1.54, 1.807) is 35.6 Å². The Bertz CT molecular complexity index is 657. The van der Waals surface area contributed by atoms with Crippen LogP contribution in [0.2, 0.25) is 10.0 Å². The molecule has 1 amide bonds. The number of carbonyl (C=O) groups excluding carboxylic acids is 1. The molecule has 0 aliphatic rings. The summed E-state index contributed by atoms with van der Waals surface area (Å²) in [7, 11) is 0. The molecular formula is C15H13Cl2NOS. The van der Waals surface area contributed by atoms with E-state index in [-0.39, 0.29) is 5.91 Å². The Morgan fingerprint density at radius 2 is 2.00 bits per heavy atom. The van der Waals surface area contributed by atoms with E-state index in [4.69, 9.17) is 23.2 Å². The number of nitrogens with one attached hydrogen (secondary N) is 1. The smallest absolute Gasteiger partial charge is 0.248 e. The predicted octanol–water partition coefficient (Wildman–Crippen LogP) is 5.32. The van der Waals surface area contributed by atoms with Gasteiger partial charge in [0, 0.05) is 21.0 Å². The predicted molar refractivity (Wildman–Crippen MR) is 87.9 cm³/mol. The number of anilines is 1. The van der Waals surface area contributed by atoms with Gasteiger partial charge in [-0.15, -0.1) is 11.3 Å². The van der Waals surface area contributed by atoms with E-state index in [0.29, 0.717) is 10.0 Å². The van der Waals surface area contributed by atoms with Gasteiger partial charge in [-0.25, -0.2) is 0 Å². The second-order valence-corrected chi connectivity index (χ2v) is 6.44. The molecule has 20 heavy (non-hydrogen) atoms. The van der Waals surface area contributed by atoms with Crippen LogP contribution in [-0.4, -0.2) is 5.91 Å². The Morgan fingerprint density at radius 3 is 2.60 bits per heavy atom. The molecule has 0 aliphatic heterocycles. The summed E-state index contributed by atoms with van der Waals surface area (Å²) in [4.78, 5) is 13.0. The highest BCUT2D eigenvalue weighted by molar-refractivity contribution is 7.16. The zero-order valence-electron chi connectivity index (χ0n) is 11.0.